The van der Waals surface area contributed by atoms with E-state index < -0.39 is 24.3 Å². The Morgan fingerprint density at radius 3 is 1.53 bits per heavy atom. The van der Waals surface area contributed by atoms with E-state index in [1.807, 2.05) is 27.2 Å². The summed E-state index contributed by atoms with van der Waals surface area (Å²) in [5, 5.41) is 11.6. The fourth-order valence-electron chi connectivity index (χ4n) is 4.93. The van der Waals surface area contributed by atoms with E-state index in [2.05, 4.69) is 92.8 Å². The molecule has 0 aliphatic carbocycles. The van der Waals surface area contributed by atoms with Crippen LogP contribution in [0.1, 0.15) is 129 Å². The Morgan fingerprint density at radius 2 is 1.04 bits per heavy atom. The van der Waals surface area contributed by atoms with Gasteiger partial charge in [0.2, 0.25) is 0 Å². The molecule has 0 aromatic rings. The Hall–Kier alpha value is -3.53. The summed E-state index contributed by atoms with van der Waals surface area (Å²) in [6, 6.07) is 0. The second-order valence-corrected chi connectivity index (χ2v) is 14.5. The molecule has 312 valence electrons. The highest BCUT2D eigenvalue weighted by Crippen LogP contribution is 2.11. The Labute approximate surface area is 334 Å². The summed E-state index contributed by atoms with van der Waals surface area (Å²) >= 11 is 0. The molecule has 0 radical (unpaired) electrons. The van der Waals surface area contributed by atoms with Crippen molar-refractivity contribution in [1.29, 1.82) is 0 Å². The van der Waals surface area contributed by atoms with Crippen molar-refractivity contribution >= 4 is 17.9 Å². The predicted molar refractivity (Wildman–Crippen MR) is 223 cm³/mol. The van der Waals surface area contributed by atoms with E-state index in [1.54, 1.807) is 0 Å². The van der Waals surface area contributed by atoms with Crippen molar-refractivity contribution in [3.8, 4) is 0 Å². The van der Waals surface area contributed by atoms with Crippen molar-refractivity contribution in [3.63, 3.8) is 0 Å². The molecule has 0 rings (SSSR count). The molecule has 0 N–H and O–H groups in total. The lowest BCUT2D eigenvalue weighted by molar-refractivity contribution is -0.870. The van der Waals surface area contributed by atoms with Gasteiger partial charge in [0.25, 0.3) is 0 Å². The molecule has 2 unspecified atom stereocenters. The van der Waals surface area contributed by atoms with Crippen molar-refractivity contribution in [2.24, 2.45) is 0 Å². The maximum atomic E-state index is 12.7. The number of esters is 2. The lowest BCUT2D eigenvalue weighted by Crippen LogP contribution is -2.44. The molecular formula is C46H75NO8. The minimum atomic E-state index is -1.64. The van der Waals surface area contributed by atoms with E-state index in [-0.39, 0.29) is 38.6 Å². The number of quaternary nitrogens is 1. The number of hydrogen-bond donors (Lipinski definition) is 0. The van der Waals surface area contributed by atoms with Gasteiger partial charge in [-0.3, -0.25) is 9.59 Å². The Morgan fingerprint density at radius 1 is 0.564 bits per heavy atom. The number of unbranched alkanes of at least 4 members (excludes halogenated alkanes) is 7. The molecule has 9 heteroatoms. The van der Waals surface area contributed by atoms with E-state index in [4.69, 9.17) is 18.9 Å². The first kappa shape index (κ1) is 51.5. The first-order valence-corrected chi connectivity index (χ1v) is 20.7. The number of hydrogen-bond acceptors (Lipinski definition) is 8. The number of nitrogens with zero attached hydrogens (tertiary/aromatic N) is 1. The van der Waals surface area contributed by atoms with Crippen LogP contribution in [0.2, 0.25) is 0 Å². The normalized spacial score (nSPS) is 13.8. The number of carbonyl (C=O) groups is 3. The lowest BCUT2D eigenvalue weighted by atomic mass is 10.1. The number of carboxylic acid groups (broad SMARTS) is 1. The molecule has 0 aromatic heterocycles. The smallest absolute Gasteiger partial charge is 0.306 e. The fraction of sp³-hybridized carbons (Fsp3) is 0.630. The van der Waals surface area contributed by atoms with Crippen LogP contribution in [0.4, 0.5) is 0 Å². The first-order valence-electron chi connectivity index (χ1n) is 20.7. The van der Waals surface area contributed by atoms with Crippen LogP contribution in [0.25, 0.3) is 0 Å². The molecule has 2 atom stereocenters. The molecule has 0 heterocycles. The fourth-order valence-corrected chi connectivity index (χ4v) is 4.93. The predicted octanol–water partition coefficient (Wildman–Crippen LogP) is 9.21. The molecule has 0 fully saturated rings. The summed E-state index contributed by atoms with van der Waals surface area (Å²) in [6.45, 7) is 4.47. The van der Waals surface area contributed by atoms with Crippen LogP contribution in [0.15, 0.2) is 85.1 Å². The second kappa shape index (κ2) is 37.4. The van der Waals surface area contributed by atoms with Crippen molar-refractivity contribution in [3.05, 3.63) is 85.1 Å². The zero-order valence-corrected chi connectivity index (χ0v) is 35.0. The number of carbonyl (C=O) groups excluding carboxylic acids is 3. The summed E-state index contributed by atoms with van der Waals surface area (Å²) < 4.78 is 22.3. The third-order valence-corrected chi connectivity index (χ3v) is 8.16. The number of likely N-dealkylation sites (N-methyl/N-ethyl adjacent to an activating group) is 1. The molecule has 9 nitrogen and oxygen atoms in total. The van der Waals surface area contributed by atoms with Crippen molar-refractivity contribution in [1.82, 2.24) is 0 Å². The number of rotatable bonds is 36. The molecule has 0 spiro atoms. The van der Waals surface area contributed by atoms with E-state index >= 15 is 0 Å². The van der Waals surface area contributed by atoms with Gasteiger partial charge in [-0.25, -0.2) is 0 Å². The number of carboxylic acids is 1. The van der Waals surface area contributed by atoms with Crippen LogP contribution in [-0.2, 0) is 33.3 Å². The van der Waals surface area contributed by atoms with Gasteiger partial charge in [-0.05, 0) is 64.2 Å². The van der Waals surface area contributed by atoms with Gasteiger partial charge >= 0.3 is 11.9 Å². The van der Waals surface area contributed by atoms with E-state index in [9.17, 15) is 19.5 Å². The number of aliphatic carboxylic acids is 1. The second-order valence-electron chi connectivity index (χ2n) is 14.5. The van der Waals surface area contributed by atoms with Gasteiger partial charge in [-0.2, -0.15) is 0 Å². The maximum absolute atomic E-state index is 12.7. The molecule has 0 bridgehead atoms. The van der Waals surface area contributed by atoms with Crippen molar-refractivity contribution in [2.75, 3.05) is 47.5 Å². The largest absolute Gasteiger partial charge is 0.545 e. The van der Waals surface area contributed by atoms with Gasteiger partial charge in [0.15, 0.2) is 12.4 Å². The molecule has 0 aromatic carbocycles. The van der Waals surface area contributed by atoms with Gasteiger partial charge in [-0.1, -0.05) is 137 Å². The molecule has 0 aliphatic rings. The quantitative estimate of drug-likeness (QED) is 0.0204. The molecular weight excluding hydrogens is 695 g/mol. The summed E-state index contributed by atoms with van der Waals surface area (Å²) in [6.07, 6.45) is 43.6. The highest BCUT2D eigenvalue weighted by Gasteiger charge is 2.21. The van der Waals surface area contributed by atoms with E-state index in [0.717, 1.165) is 70.6 Å². The van der Waals surface area contributed by atoms with Gasteiger partial charge in [0.1, 0.15) is 13.2 Å². The average molecular weight is 770 g/mol. The Kier molecular flexibility index (Phi) is 35.0. The monoisotopic (exact) mass is 770 g/mol. The highest BCUT2D eigenvalue weighted by molar-refractivity contribution is 5.70. The van der Waals surface area contributed by atoms with Gasteiger partial charge in [-0.15, -0.1) is 0 Å². The van der Waals surface area contributed by atoms with Gasteiger partial charge in [0.05, 0.1) is 40.3 Å². The lowest BCUT2D eigenvalue weighted by Gasteiger charge is -2.26. The molecule has 0 amide bonds. The summed E-state index contributed by atoms with van der Waals surface area (Å²) in [4.78, 5) is 36.7. The summed E-state index contributed by atoms with van der Waals surface area (Å²) in [5.41, 5.74) is 0. The highest BCUT2D eigenvalue weighted by atomic mass is 16.7. The van der Waals surface area contributed by atoms with Crippen LogP contribution < -0.4 is 5.11 Å². The van der Waals surface area contributed by atoms with Crippen molar-refractivity contribution < 1.29 is 42.9 Å². The molecule has 0 saturated heterocycles. The zero-order valence-electron chi connectivity index (χ0n) is 35.0. The van der Waals surface area contributed by atoms with E-state index in [1.165, 1.54) is 19.3 Å². The first-order chi connectivity index (χ1) is 26.6. The minimum Gasteiger partial charge on any atom is -0.545 e. The van der Waals surface area contributed by atoms with Gasteiger partial charge in [0, 0.05) is 12.8 Å². The van der Waals surface area contributed by atoms with E-state index in [0.29, 0.717) is 23.9 Å². The summed E-state index contributed by atoms with van der Waals surface area (Å²) in [7, 11) is 5.87. The Bertz CT molecular complexity index is 1170. The third-order valence-electron chi connectivity index (χ3n) is 8.16. The van der Waals surface area contributed by atoms with Crippen LogP contribution in [0.5, 0.6) is 0 Å². The van der Waals surface area contributed by atoms with Crippen LogP contribution in [0, 0.1) is 0 Å². The standard InChI is InChI=1S/C46H75NO8/c1-6-8-10-12-14-15-16-17-18-19-20-21-22-23-24-25-26-27-28-29-31-33-35-37-44(49)55-42(40-53-43(48)36-34-32-30-13-11-9-7-2)41-54-46(45(50)51)52-39-38-47(3,4)5/h8,10,14-15,17-18,20-21,23-24,26-27,29,31,42,46H,6-7,9,11-13,16,19,22,25,28,30,32-41H2,1-5H3/b10-8-,15-14-,18-17-,21-20-,24-23-,27-26-,31-29-. The topological polar surface area (TPSA) is 111 Å². The number of ether oxygens (including phenoxy) is 4. The summed E-state index contributed by atoms with van der Waals surface area (Å²) in [5.74, 6) is -2.39. The number of allylic oxidation sites excluding steroid dienone is 14. The van der Waals surface area contributed by atoms with Crippen LogP contribution in [0.3, 0.4) is 0 Å². The Balaban J connectivity index is 4.51. The SMILES string of the molecule is CC/C=C\C/C=C\C/C=C\C/C=C\C/C=C\C/C=C\C/C=C\CCCC(=O)OC(COC(=O)CCCCCCCCC)COC(OCC[N+](C)(C)C)C(=O)[O-]. The third kappa shape index (κ3) is 38.5. The molecule has 55 heavy (non-hydrogen) atoms. The zero-order chi connectivity index (χ0) is 40.7. The average Bonchev–Trinajstić information content (AvgIpc) is 3.14. The molecule has 0 saturated carbocycles. The maximum Gasteiger partial charge on any atom is 0.306 e. The van der Waals surface area contributed by atoms with Crippen LogP contribution in [-0.4, -0.2) is 82.3 Å². The molecule has 0 aliphatic heterocycles. The van der Waals surface area contributed by atoms with Crippen LogP contribution >= 0.6 is 0 Å². The van der Waals surface area contributed by atoms with Gasteiger partial charge < -0.3 is 33.3 Å². The van der Waals surface area contributed by atoms with Crippen molar-refractivity contribution in [2.45, 2.75) is 142 Å². The minimum absolute atomic E-state index is 0.133.